The minimum absolute atomic E-state index is 0.172. The third-order valence-corrected chi connectivity index (χ3v) is 4.86. The summed E-state index contributed by atoms with van der Waals surface area (Å²) >= 11 is 0. The number of benzene rings is 2. The van der Waals surface area contributed by atoms with Crippen LogP contribution in [0.25, 0.3) is 27.8 Å². The van der Waals surface area contributed by atoms with Gasteiger partial charge in [0.15, 0.2) is 5.76 Å². The van der Waals surface area contributed by atoms with Gasteiger partial charge < -0.3 is 14.6 Å². The van der Waals surface area contributed by atoms with Crippen LogP contribution in [0.1, 0.15) is 11.3 Å². The van der Waals surface area contributed by atoms with Crippen LogP contribution >= 0.6 is 0 Å². The lowest BCUT2D eigenvalue weighted by atomic mass is 10.0. The number of halogens is 3. The summed E-state index contributed by atoms with van der Waals surface area (Å²) in [5.74, 6) is 0.610. The maximum Gasteiger partial charge on any atom is 0.416 e. The first-order chi connectivity index (χ1) is 12.9. The number of nitrogens with zero attached hydrogens (tertiary/aromatic N) is 2. The lowest BCUT2D eigenvalue weighted by molar-refractivity contribution is -0.137. The van der Waals surface area contributed by atoms with Crippen LogP contribution in [0.4, 0.5) is 13.2 Å². The Bertz CT molecular complexity index is 1140. The first-order valence-electron chi connectivity index (χ1n) is 8.33. The van der Waals surface area contributed by atoms with Gasteiger partial charge in [0.2, 0.25) is 0 Å². The van der Waals surface area contributed by atoms with Crippen molar-refractivity contribution in [1.29, 1.82) is 5.26 Å². The minimum Gasteiger partial charge on any atom is -0.454 e. The molecule has 0 amide bonds. The highest BCUT2D eigenvalue weighted by molar-refractivity contribution is 5.87. The number of hydrogen-bond donors (Lipinski definition) is 1. The van der Waals surface area contributed by atoms with E-state index in [2.05, 4.69) is 11.4 Å². The molecule has 4 nitrogen and oxygen atoms in total. The molecule has 2 aliphatic rings. The zero-order valence-corrected chi connectivity index (χ0v) is 13.8. The molecule has 0 radical (unpaired) electrons. The predicted octanol–water partition coefficient (Wildman–Crippen LogP) is 4.56. The summed E-state index contributed by atoms with van der Waals surface area (Å²) in [6.07, 6.45) is -4.18. The molecule has 1 unspecified atom stereocenters. The second-order valence-electron chi connectivity index (χ2n) is 6.59. The number of rotatable bonds is 2. The summed E-state index contributed by atoms with van der Waals surface area (Å²) in [5, 5.41) is 13.3. The fourth-order valence-corrected chi connectivity index (χ4v) is 3.42. The number of alkyl halides is 3. The molecule has 5 rings (SSSR count). The summed E-state index contributed by atoms with van der Waals surface area (Å²) in [4.78, 5) is 2.05. The first-order valence-corrected chi connectivity index (χ1v) is 8.33. The Morgan fingerprint density at radius 3 is 2.52 bits per heavy atom. The van der Waals surface area contributed by atoms with Crippen molar-refractivity contribution in [2.75, 3.05) is 6.54 Å². The molecule has 2 aromatic carbocycles. The normalized spacial score (nSPS) is 18.4. The van der Waals surface area contributed by atoms with Crippen LogP contribution < -0.4 is 5.32 Å². The summed E-state index contributed by atoms with van der Waals surface area (Å²) < 4.78 is 44.1. The van der Waals surface area contributed by atoms with Gasteiger partial charge in [-0.2, -0.15) is 18.4 Å². The molecule has 3 heterocycles. The highest BCUT2D eigenvalue weighted by atomic mass is 19.4. The Labute approximate surface area is 152 Å². The zero-order valence-electron chi connectivity index (χ0n) is 13.8. The largest absolute Gasteiger partial charge is 0.454 e. The SMILES string of the molecule is N#CC1=C(c2cc3ccc(-c4ccc(C(F)(F)F)cc4)cc3o2)N2CC2N1. The van der Waals surface area contributed by atoms with Gasteiger partial charge in [-0.3, -0.25) is 0 Å². The summed E-state index contributed by atoms with van der Waals surface area (Å²) in [7, 11) is 0. The highest BCUT2D eigenvalue weighted by Crippen LogP contribution is 2.40. The monoisotopic (exact) mass is 367 g/mol. The Morgan fingerprint density at radius 1 is 1.07 bits per heavy atom. The van der Waals surface area contributed by atoms with E-state index in [9.17, 15) is 18.4 Å². The van der Waals surface area contributed by atoms with E-state index in [-0.39, 0.29) is 6.17 Å². The van der Waals surface area contributed by atoms with E-state index in [1.165, 1.54) is 12.1 Å². The number of furan rings is 1. The van der Waals surface area contributed by atoms with Crippen LogP contribution in [-0.2, 0) is 6.18 Å². The third-order valence-electron chi connectivity index (χ3n) is 4.86. The molecule has 0 bridgehead atoms. The molecular formula is C20H12F3N3O. The van der Waals surface area contributed by atoms with Crippen molar-refractivity contribution in [3.8, 4) is 17.2 Å². The summed E-state index contributed by atoms with van der Waals surface area (Å²) in [6.45, 7) is 0.842. The van der Waals surface area contributed by atoms with E-state index in [1.54, 1.807) is 6.07 Å². The van der Waals surface area contributed by atoms with E-state index in [1.807, 2.05) is 23.1 Å². The van der Waals surface area contributed by atoms with E-state index in [0.29, 0.717) is 22.6 Å². The average Bonchev–Trinajstić information content (AvgIpc) is 3.12. The van der Waals surface area contributed by atoms with Crippen molar-refractivity contribution in [2.45, 2.75) is 12.3 Å². The molecule has 7 heteroatoms. The Morgan fingerprint density at radius 2 is 1.81 bits per heavy atom. The maximum atomic E-state index is 12.7. The zero-order chi connectivity index (χ0) is 18.8. The summed E-state index contributed by atoms with van der Waals surface area (Å²) in [5.41, 5.74) is 2.64. The second kappa shape index (κ2) is 5.30. The molecule has 27 heavy (non-hydrogen) atoms. The molecule has 2 aliphatic heterocycles. The van der Waals surface area contributed by atoms with Crippen LogP contribution in [0, 0.1) is 11.3 Å². The van der Waals surface area contributed by atoms with E-state index in [0.717, 1.165) is 35.3 Å². The van der Waals surface area contributed by atoms with E-state index < -0.39 is 11.7 Å². The van der Waals surface area contributed by atoms with Gasteiger partial charge >= 0.3 is 6.18 Å². The van der Waals surface area contributed by atoms with E-state index >= 15 is 0 Å². The lowest BCUT2D eigenvalue weighted by Gasteiger charge is -2.07. The van der Waals surface area contributed by atoms with Crippen LogP contribution in [0.15, 0.2) is 58.6 Å². The molecule has 1 N–H and O–H groups in total. The Hall–Kier alpha value is -3.40. The lowest BCUT2D eigenvalue weighted by Crippen LogP contribution is -2.12. The average molecular weight is 367 g/mol. The topological polar surface area (TPSA) is 52.0 Å². The first kappa shape index (κ1) is 15.8. The van der Waals surface area contributed by atoms with Crippen molar-refractivity contribution in [3.05, 3.63) is 65.6 Å². The molecule has 1 atom stereocenters. The number of hydrogen-bond acceptors (Lipinski definition) is 4. The van der Waals surface area contributed by atoms with Crippen LogP contribution in [0.3, 0.4) is 0 Å². The van der Waals surface area contributed by atoms with Crippen LogP contribution in [0.2, 0.25) is 0 Å². The maximum absolute atomic E-state index is 12.7. The van der Waals surface area contributed by atoms with Crippen LogP contribution in [0.5, 0.6) is 0 Å². The van der Waals surface area contributed by atoms with Gasteiger partial charge in [0.05, 0.1) is 12.1 Å². The van der Waals surface area contributed by atoms with Crippen molar-refractivity contribution in [3.63, 3.8) is 0 Å². The third kappa shape index (κ3) is 2.53. The predicted molar refractivity (Wildman–Crippen MR) is 92.8 cm³/mol. The van der Waals surface area contributed by atoms with Gasteiger partial charge in [0.25, 0.3) is 0 Å². The van der Waals surface area contributed by atoms with E-state index in [4.69, 9.17) is 4.42 Å². The number of nitrogens with one attached hydrogen (secondary N) is 1. The van der Waals surface area contributed by atoms with Crippen molar-refractivity contribution < 1.29 is 17.6 Å². The number of nitriles is 1. The molecule has 1 saturated heterocycles. The Kier molecular flexibility index (Phi) is 3.11. The molecule has 0 saturated carbocycles. The molecule has 0 aliphatic carbocycles. The Balaban J connectivity index is 1.52. The van der Waals surface area contributed by atoms with Gasteiger partial charge in [0, 0.05) is 5.39 Å². The van der Waals surface area contributed by atoms with Crippen molar-refractivity contribution in [1.82, 2.24) is 10.2 Å². The number of fused-ring (bicyclic) bond motifs is 2. The number of allylic oxidation sites excluding steroid dienone is 1. The van der Waals surface area contributed by atoms with Gasteiger partial charge in [-0.05, 0) is 35.4 Å². The van der Waals surface area contributed by atoms with Crippen molar-refractivity contribution >= 4 is 16.7 Å². The fourth-order valence-electron chi connectivity index (χ4n) is 3.42. The quantitative estimate of drug-likeness (QED) is 0.675. The molecule has 134 valence electrons. The molecule has 0 spiro atoms. The van der Waals surface area contributed by atoms with Crippen molar-refractivity contribution in [2.24, 2.45) is 0 Å². The standard InChI is InChI=1S/C20H12F3N3O/c21-20(22,23)14-5-3-11(4-6-14)12-1-2-13-8-17(27-16(13)7-12)19-15(9-24)25-18-10-26(18)19/h1-8,18,25H,10H2. The smallest absolute Gasteiger partial charge is 0.416 e. The van der Waals surface area contributed by atoms with Crippen LogP contribution in [-0.4, -0.2) is 17.6 Å². The fraction of sp³-hybridized carbons (Fsp3) is 0.150. The molecule has 1 fully saturated rings. The van der Waals surface area contributed by atoms with Gasteiger partial charge in [-0.15, -0.1) is 0 Å². The minimum atomic E-state index is -4.35. The molecule has 1 aromatic heterocycles. The van der Waals surface area contributed by atoms with Gasteiger partial charge in [-0.1, -0.05) is 24.3 Å². The van der Waals surface area contributed by atoms with Gasteiger partial charge in [-0.25, -0.2) is 0 Å². The molecular weight excluding hydrogens is 355 g/mol. The second-order valence-corrected chi connectivity index (χ2v) is 6.59. The van der Waals surface area contributed by atoms with Gasteiger partial charge in [0.1, 0.15) is 29.2 Å². The molecule has 3 aromatic rings. The highest BCUT2D eigenvalue weighted by Gasteiger charge is 2.45. The summed E-state index contributed by atoms with van der Waals surface area (Å²) in [6, 6.07) is 14.6.